The number of para-hydroxylation sites is 1. The van der Waals surface area contributed by atoms with Gasteiger partial charge in [0.05, 0.1) is 5.39 Å². The Morgan fingerprint density at radius 1 is 1.20 bits per heavy atom. The van der Waals surface area contributed by atoms with E-state index >= 15 is 0 Å². The van der Waals surface area contributed by atoms with Crippen molar-refractivity contribution in [2.75, 3.05) is 0 Å². The Labute approximate surface area is 88.1 Å². The van der Waals surface area contributed by atoms with Crippen molar-refractivity contribution < 1.29 is 8.83 Å². The van der Waals surface area contributed by atoms with E-state index in [1.54, 1.807) is 12.1 Å². The van der Waals surface area contributed by atoms with Crippen LogP contribution in [0.4, 0.5) is 0 Å². The topological polar surface area (TPSA) is 59.1 Å². The van der Waals surface area contributed by atoms with Crippen molar-refractivity contribution in [3.63, 3.8) is 0 Å². The normalized spacial score (nSPS) is 11.2. The third-order valence-corrected chi connectivity index (χ3v) is 2.37. The van der Waals surface area contributed by atoms with Crippen LogP contribution in [0, 0.1) is 4.84 Å². The van der Waals surface area contributed by atoms with E-state index in [9.17, 15) is 4.79 Å². The zero-order valence-electron chi connectivity index (χ0n) is 7.44. The lowest BCUT2D eigenvalue weighted by Gasteiger charge is -1.94. The Bertz CT molecular complexity index is 765. The first kappa shape index (κ1) is 8.43. The minimum Gasteiger partial charge on any atom is -0.428 e. The lowest BCUT2D eigenvalue weighted by molar-refractivity contribution is 0.563. The van der Waals surface area contributed by atoms with Crippen LogP contribution >= 0.6 is 12.2 Å². The fourth-order valence-electron chi connectivity index (χ4n) is 1.56. The predicted molar refractivity (Wildman–Crippen MR) is 57.4 cm³/mol. The summed E-state index contributed by atoms with van der Waals surface area (Å²) in [6.07, 6.45) is 0. The Morgan fingerprint density at radius 2 is 2.00 bits per heavy atom. The van der Waals surface area contributed by atoms with Crippen LogP contribution in [0.3, 0.4) is 0 Å². The van der Waals surface area contributed by atoms with Gasteiger partial charge in [0.2, 0.25) is 0 Å². The summed E-state index contributed by atoms with van der Waals surface area (Å²) >= 11 is 4.83. The zero-order valence-corrected chi connectivity index (χ0v) is 8.26. The summed E-state index contributed by atoms with van der Waals surface area (Å²) in [4.78, 5) is 14.3. The molecule has 0 radical (unpaired) electrons. The molecule has 0 saturated carbocycles. The molecule has 2 heterocycles. The van der Waals surface area contributed by atoms with E-state index in [0.717, 1.165) is 5.39 Å². The van der Waals surface area contributed by atoms with E-state index in [4.69, 9.17) is 21.1 Å². The van der Waals surface area contributed by atoms with Crippen molar-refractivity contribution in [2.45, 2.75) is 0 Å². The molecular weight excluding hydrogens is 214 g/mol. The minimum absolute atomic E-state index is 0.175. The van der Waals surface area contributed by atoms with Gasteiger partial charge in [0, 0.05) is 0 Å². The molecule has 2 aromatic heterocycles. The quantitative estimate of drug-likeness (QED) is 0.466. The van der Waals surface area contributed by atoms with Gasteiger partial charge in [-0.3, -0.25) is 0 Å². The summed E-state index contributed by atoms with van der Waals surface area (Å²) in [6, 6.07) is 7.15. The number of fused-ring (bicyclic) bond motifs is 3. The molecule has 5 heteroatoms. The molecule has 1 N–H and O–H groups in total. The monoisotopic (exact) mass is 219 g/mol. The van der Waals surface area contributed by atoms with E-state index < -0.39 is 5.63 Å². The van der Waals surface area contributed by atoms with Crippen LogP contribution in [0.5, 0.6) is 0 Å². The number of aromatic nitrogens is 1. The van der Waals surface area contributed by atoms with Crippen LogP contribution in [0.25, 0.3) is 22.1 Å². The summed E-state index contributed by atoms with van der Waals surface area (Å²) < 4.78 is 10.4. The second kappa shape index (κ2) is 2.80. The maximum Gasteiger partial charge on any atom is 0.364 e. The van der Waals surface area contributed by atoms with Crippen LogP contribution in [-0.2, 0) is 0 Å². The Kier molecular flexibility index (Phi) is 1.58. The molecule has 0 unspecified atom stereocenters. The molecule has 0 spiro atoms. The second-order valence-corrected chi connectivity index (χ2v) is 3.48. The fourth-order valence-corrected chi connectivity index (χ4v) is 1.74. The molecule has 3 rings (SSSR count). The van der Waals surface area contributed by atoms with Gasteiger partial charge < -0.3 is 13.8 Å². The number of hydrogen-bond acceptors (Lipinski definition) is 4. The number of nitrogens with one attached hydrogen (secondary N) is 1. The van der Waals surface area contributed by atoms with E-state index in [-0.39, 0.29) is 10.4 Å². The Morgan fingerprint density at radius 3 is 2.87 bits per heavy atom. The number of oxazole rings is 1. The van der Waals surface area contributed by atoms with Crippen LogP contribution in [0.1, 0.15) is 0 Å². The molecule has 74 valence electrons. The molecule has 15 heavy (non-hydrogen) atoms. The molecular formula is C10H5NO3S. The van der Waals surface area contributed by atoms with Crippen LogP contribution in [0.15, 0.2) is 37.9 Å². The standard InChI is InChI=1S/C10H5NO3S/c12-9-7-8(14-10(15)11-7)5-3-1-2-4-6(5)13-9/h1-4H,(H,11,15). The molecule has 1 aromatic carbocycles. The number of aromatic amines is 1. The highest BCUT2D eigenvalue weighted by molar-refractivity contribution is 7.71. The van der Waals surface area contributed by atoms with Crippen molar-refractivity contribution in [3.8, 4) is 0 Å². The zero-order chi connectivity index (χ0) is 10.4. The third kappa shape index (κ3) is 1.13. The van der Waals surface area contributed by atoms with E-state index in [2.05, 4.69) is 4.98 Å². The Balaban J connectivity index is 2.75. The molecule has 0 bridgehead atoms. The van der Waals surface area contributed by atoms with E-state index in [1.807, 2.05) is 12.1 Å². The van der Waals surface area contributed by atoms with Crippen molar-refractivity contribution in [1.82, 2.24) is 4.98 Å². The number of hydrogen-bond donors (Lipinski definition) is 1. The smallest absolute Gasteiger partial charge is 0.364 e. The van der Waals surface area contributed by atoms with Crippen LogP contribution in [-0.4, -0.2) is 4.98 Å². The molecule has 0 aliphatic heterocycles. The van der Waals surface area contributed by atoms with Gasteiger partial charge >= 0.3 is 5.63 Å². The molecule has 0 aliphatic rings. The number of rotatable bonds is 0. The average molecular weight is 219 g/mol. The van der Waals surface area contributed by atoms with Gasteiger partial charge in [-0.2, -0.15) is 0 Å². The van der Waals surface area contributed by atoms with Gasteiger partial charge in [-0.1, -0.05) is 12.1 Å². The summed E-state index contributed by atoms with van der Waals surface area (Å²) in [6.45, 7) is 0. The fraction of sp³-hybridized carbons (Fsp3) is 0. The van der Waals surface area contributed by atoms with Crippen LogP contribution < -0.4 is 5.63 Å². The highest BCUT2D eigenvalue weighted by atomic mass is 32.1. The molecule has 0 aliphatic carbocycles. The van der Waals surface area contributed by atoms with Gasteiger partial charge in [0.1, 0.15) is 5.58 Å². The summed E-state index contributed by atoms with van der Waals surface area (Å²) in [7, 11) is 0. The Hall–Kier alpha value is -1.88. The predicted octanol–water partition coefficient (Wildman–Crippen LogP) is 2.60. The molecule has 3 aromatic rings. The van der Waals surface area contributed by atoms with Gasteiger partial charge in [0.25, 0.3) is 4.84 Å². The maximum atomic E-state index is 11.5. The second-order valence-electron chi connectivity index (χ2n) is 3.10. The lowest BCUT2D eigenvalue weighted by atomic mass is 10.2. The molecule has 0 amide bonds. The van der Waals surface area contributed by atoms with Crippen molar-refractivity contribution >= 4 is 34.3 Å². The number of benzene rings is 1. The maximum absolute atomic E-state index is 11.5. The minimum atomic E-state index is -0.469. The first-order chi connectivity index (χ1) is 7.25. The average Bonchev–Trinajstić information content (AvgIpc) is 2.61. The molecule has 4 nitrogen and oxygen atoms in total. The summed E-state index contributed by atoms with van der Waals surface area (Å²) in [5.74, 6) is 0. The van der Waals surface area contributed by atoms with Crippen LogP contribution in [0.2, 0.25) is 0 Å². The highest BCUT2D eigenvalue weighted by Crippen LogP contribution is 2.21. The molecule has 0 saturated heterocycles. The highest BCUT2D eigenvalue weighted by Gasteiger charge is 2.10. The van der Waals surface area contributed by atoms with Crippen molar-refractivity contribution in [2.24, 2.45) is 0 Å². The number of H-pyrrole nitrogens is 1. The van der Waals surface area contributed by atoms with Gasteiger partial charge in [0.15, 0.2) is 11.1 Å². The van der Waals surface area contributed by atoms with Gasteiger partial charge in [-0.05, 0) is 24.4 Å². The summed E-state index contributed by atoms with van der Waals surface area (Å²) in [5, 5.41) is 0.736. The lowest BCUT2D eigenvalue weighted by Crippen LogP contribution is -1.98. The first-order valence-electron chi connectivity index (χ1n) is 4.30. The molecule has 0 fully saturated rings. The first-order valence-corrected chi connectivity index (χ1v) is 4.71. The van der Waals surface area contributed by atoms with E-state index in [1.165, 1.54) is 0 Å². The third-order valence-electron chi connectivity index (χ3n) is 2.19. The van der Waals surface area contributed by atoms with Gasteiger partial charge in [-0.15, -0.1) is 0 Å². The van der Waals surface area contributed by atoms with Crippen molar-refractivity contribution in [3.05, 3.63) is 39.5 Å². The largest absolute Gasteiger partial charge is 0.428 e. The summed E-state index contributed by atoms with van der Waals surface area (Å²) in [5.41, 5.74) is 0.752. The SMILES string of the molecule is O=c1oc2ccccc2c2oc(=S)[nH]c12. The van der Waals surface area contributed by atoms with Crippen molar-refractivity contribution in [1.29, 1.82) is 0 Å². The van der Waals surface area contributed by atoms with Gasteiger partial charge in [-0.25, -0.2) is 4.79 Å². The molecule has 0 atom stereocenters. The van der Waals surface area contributed by atoms with E-state index in [0.29, 0.717) is 11.2 Å².